The van der Waals surface area contributed by atoms with Crippen LogP contribution in [0.1, 0.15) is 27.2 Å². The SMILES string of the molecule is CC(CO)CC(C)C1(C)OCCO1. The normalized spacial score (nSPS) is 25.8. The first kappa shape index (κ1) is 11.0. The highest BCUT2D eigenvalue weighted by Crippen LogP contribution is 2.31. The van der Waals surface area contributed by atoms with Crippen LogP contribution < -0.4 is 0 Å². The molecule has 0 amide bonds. The van der Waals surface area contributed by atoms with Crippen molar-refractivity contribution in [2.75, 3.05) is 19.8 Å². The van der Waals surface area contributed by atoms with Crippen molar-refractivity contribution in [2.24, 2.45) is 11.8 Å². The summed E-state index contributed by atoms with van der Waals surface area (Å²) in [6.07, 6.45) is 0.938. The molecule has 1 heterocycles. The highest BCUT2D eigenvalue weighted by molar-refractivity contribution is 4.76. The maximum atomic E-state index is 8.93. The Morgan fingerprint density at radius 1 is 1.31 bits per heavy atom. The highest BCUT2D eigenvalue weighted by Gasteiger charge is 2.37. The van der Waals surface area contributed by atoms with Gasteiger partial charge in [0.1, 0.15) is 0 Å². The van der Waals surface area contributed by atoms with Gasteiger partial charge in [-0.2, -0.15) is 0 Å². The first-order chi connectivity index (χ1) is 6.08. The van der Waals surface area contributed by atoms with Crippen molar-refractivity contribution in [1.82, 2.24) is 0 Å². The molecular weight excluding hydrogens is 168 g/mol. The van der Waals surface area contributed by atoms with Gasteiger partial charge in [0.15, 0.2) is 5.79 Å². The fraction of sp³-hybridized carbons (Fsp3) is 1.00. The molecule has 0 aromatic heterocycles. The Morgan fingerprint density at radius 2 is 1.85 bits per heavy atom. The van der Waals surface area contributed by atoms with Crippen LogP contribution in [0.3, 0.4) is 0 Å². The summed E-state index contributed by atoms with van der Waals surface area (Å²) in [5, 5.41) is 8.93. The Balaban J connectivity index is 2.41. The summed E-state index contributed by atoms with van der Waals surface area (Å²) in [5.74, 6) is 0.223. The van der Waals surface area contributed by atoms with E-state index in [-0.39, 0.29) is 6.61 Å². The topological polar surface area (TPSA) is 38.7 Å². The van der Waals surface area contributed by atoms with E-state index in [2.05, 4.69) is 6.92 Å². The molecule has 0 aromatic carbocycles. The molecule has 1 aliphatic heterocycles. The summed E-state index contributed by atoms with van der Waals surface area (Å²) < 4.78 is 11.1. The Bertz CT molecular complexity index is 152. The van der Waals surface area contributed by atoms with Gasteiger partial charge in [-0.25, -0.2) is 0 Å². The monoisotopic (exact) mass is 188 g/mol. The molecule has 1 saturated heterocycles. The van der Waals surface area contributed by atoms with Crippen LogP contribution in [0.4, 0.5) is 0 Å². The molecule has 2 atom stereocenters. The van der Waals surface area contributed by atoms with Gasteiger partial charge in [0.2, 0.25) is 0 Å². The molecule has 78 valence electrons. The summed E-state index contributed by atoms with van der Waals surface area (Å²) in [6, 6.07) is 0. The zero-order chi connectivity index (χ0) is 9.90. The second kappa shape index (κ2) is 4.40. The molecular formula is C10H20O3. The van der Waals surface area contributed by atoms with Crippen molar-refractivity contribution in [3.63, 3.8) is 0 Å². The van der Waals surface area contributed by atoms with Crippen LogP contribution in [0.25, 0.3) is 0 Å². The third-order valence-corrected chi connectivity index (χ3v) is 2.82. The lowest BCUT2D eigenvalue weighted by atomic mass is 9.91. The maximum Gasteiger partial charge on any atom is 0.168 e. The second-order valence-electron chi connectivity index (χ2n) is 4.14. The van der Waals surface area contributed by atoms with Crippen molar-refractivity contribution in [2.45, 2.75) is 33.0 Å². The van der Waals surface area contributed by atoms with Crippen molar-refractivity contribution >= 4 is 0 Å². The number of hydrogen-bond acceptors (Lipinski definition) is 3. The predicted molar refractivity (Wildman–Crippen MR) is 50.3 cm³/mol. The van der Waals surface area contributed by atoms with Crippen LogP contribution in [0, 0.1) is 11.8 Å². The molecule has 0 aliphatic carbocycles. The van der Waals surface area contributed by atoms with Gasteiger partial charge in [0.25, 0.3) is 0 Å². The van der Waals surface area contributed by atoms with Crippen LogP contribution in [0.5, 0.6) is 0 Å². The fourth-order valence-corrected chi connectivity index (χ4v) is 1.71. The molecule has 13 heavy (non-hydrogen) atoms. The van der Waals surface area contributed by atoms with E-state index in [1.165, 1.54) is 0 Å². The number of hydrogen-bond donors (Lipinski definition) is 1. The standard InChI is InChI=1S/C10H20O3/c1-8(7-11)6-9(2)10(3)12-4-5-13-10/h8-9,11H,4-7H2,1-3H3. The second-order valence-corrected chi connectivity index (χ2v) is 4.14. The van der Waals surface area contributed by atoms with Crippen LogP contribution in [0.15, 0.2) is 0 Å². The Kier molecular flexibility index (Phi) is 3.71. The first-order valence-corrected chi connectivity index (χ1v) is 4.97. The van der Waals surface area contributed by atoms with Gasteiger partial charge in [0.05, 0.1) is 13.2 Å². The summed E-state index contributed by atoms with van der Waals surface area (Å²) in [7, 11) is 0. The molecule has 2 unspecified atom stereocenters. The van der Waals surface area contributed by atoms with E-state index in [4.69, 9.17) is 14.6 Å². The van der Waals surface area contributed by atoms with Gasteiger partial charge in [-0.05, 0) is 19.3 Å². The average molecular weight is 188 g/mol. The van der Waals surface area contributed by atoms with Gasteiger partial charge in [-0.1, -0.05) is 13.8 Å². The molecule has 1 rings (SSSR count). The molecule has 0 spiro atoms. The van der Waals surface area contributed by atoms with Gasteiger partial charge in [-0.3, -0.25) is 0 Å². The maximum absolute atomic E-state index is 8.93. The smallest absolute Gasteiger partial charge is 0.168 e. The van der Waals surface area contributed by atoms with Gasteiger partial charge >= 0.3 is 0 Å². The van der Waals surface area contributed by atoms with Crippen LogP contribution >= 0.6 is 0 Å². The third kappa shape index (κ3) is 2.66. The molecule has 0 aromatic rings. The molecule has 1 fully saturated rings. The van der Waals surface area contributed by atoms with Crippen LogP contribution in [0.2, 0.25) is 0 Å². The lowest BCUT2D eigenvalue weighted by Crippen LogP contribution is -2.35. The zero-order valence-corrected chi connectivity index (χ0v) is 8.75. The van der Waals surface area contributed by atoms with E-state index in [0.29, 0.717) is 25.0 Å². The minimum absolute atomic E-state index is 0.237. The summed E-state index contributed by atoms with van der Waals surface area (Å²) in [5.41, 5.74) is 0. The third-order valence-electron chi connectivity index (χ3n) is 2.82. The van der Waals surface area contributed by atoms with E-state index in [1.807, 2.05) is 13.8 Å². The molecule has 1 N–H and O–H groups in total. The highest BCUT2D eigenvalue weighted by atomic mass is 16.7. The van der Waals surface area contributed by atoms with E-state index in [0.717, 1.165) is 6.42 Å². The number of rotatable bonds is 4. The fourth-order valence-electron chi connectivity index (χ4n) is 1.71. The van der Waals surface area contributed by atoms with Crippen LogP contribution in [-0.4, -0.2) is 30.7 Å². The molecule has 0 radical (unpaired) electrons. The largest absolute Gasteiger partial charge is 0.396 e. The Hall–Kier alpha value is -0.120. The minimum Gasteiger partial charge on any atom is -0.396 e. The average Bonchev–Trinajstić information content (AvgIpc) is 2.53. The Labute approximate surface area is 80.0 Å². The summed E-state index contributed by atoms with van der Waals surface area (Å²) in [4.78, 5) is 0. The molecule has 3 heteroatoms. The minimum atomic E-state index is -0.427. The van der Waals surface area contributed by atoms with Gasteiger partial charge in [-0.15, -0.1) is 0 Å². The predicted octanol–water partition coefficient (Wildman–Crippen LogP) is 1.40. The number of aliphatic hydroxyl groups excluding tert-OH is 1. The molecule has 0 saturated carbocycles. The van der Waals surface area contributed by atoms with Crippen LogP contribution in [-0.2, 0) is 9.47 Å². The molecule has 3 nitrogen and oxygen atoms in total. The van der Waals surface area contributed by atoms with E-state index < -0.39 is 5.79 Å². The lowest BCUT2D eigenvalue weighted by Gasteiger charge is -2.30. The number of aliphatic hydroxyl groups is 1. The van der Waals surface area contributed by atoms with Gasteiger partial charge < -0.3 is 14.6 Å². The van der Waals surface area contributed by atoms with E-state index in [1.54, 1.807) is 0 Å². The summed E-state index contributed by atoms with van der Waals surface area (Å²) in [6.45, 7) is 7.74. The first-order valence-electron chi connectivity index (χ1n) is 4.97. The van der Waals surface area contributed by atoms with E-state index in [9.17, 15) is 0 Å². The summed E-state index contributed by atoms with van der Waals surface area (Å²) >= 11 is 0. The quantitative estimate of drug-likeness (QED) is 0.725. The lowest BCUT2D eigenvalue weighted by molar-refractivity contribution is -0.181. The van der Waals surface area contributed by atoms with Crippen molar-refractivity contribution < 1.29 is 14.6 Å². The molecule has 0 bridgehead atoms. The molecule has 1 aliphatic rings. The van der Waals surface area contributed by atoms with Crippen molar-refractivity contribution in [3.05, 3.63) is 0 Å². The van der Waals surface area contributed by atoms with Crippen molar-refractivity contribution in [1.29, 1.82) is 0 Å². The van der Waals surface area contributed by atoms with Crippen molar-refractivity contribution in [3.8, 4) is 0 Å². The van der Waals surface area contributed by atoms with Gasteiger partial charge in [0, 0.05) is 12.5 Å². The number of ether oxygens (including phenoxy) is 2. The zero-order valence-electron chi connectivity index (χ0n) is 8.75. The Morgan fingerprint density at radius 3 is 2.31 bits per heavy atom. The van der Waals surface area contributed by atoms with E-state index >= 15 is 0 Å².